The highest BCUT2D eigenvalue weighted by atomic mass is 19.4. The zero-order valence-electron chi connectivity index (χ0n) is 12.2. The van der Waals surface area contributed by atoms with E-state index in [-0.39, 0.29) is 5.56 Å². The van der Waals surface area contributed by atoms with Gasteiger partial charge in [-0.1, -0.05) is 19.9 Å². The quantitative estimate of drug-likeness (QED) is 0.907. The predicted molar refractivity (Wildman–Crippen MR) is 73.5 cm³/mol. The van der Waals surface area contributed by atoms with Gasteiger partial charge in [-0.3, -0.25) is 4.90 Å². The first-order valence-electron chi connectivity index (χ1n) is 6.93. The molecule has 0 atom stereocenters. The van der Waals surface area contributed by atoms with Crippen molar-refractivity contribution in [1.29, 1.82) is 0 Å². The topological polar surface area (TPSA) is 28.2 Å². The number of hydrogen-bond donors (Lipinski definition) is 1. The fraction of sp³-hybridized carbons (Fsp3) is 0.643. The second-order valence-electron chi connectivity index (χ2n) is 4.48. The summed E-state index contributed by atoms with van der Waals surface area (Å²) in [6.07, 6.45) is -4.38. The molecule has 0 aliphatic carbocycles. The van der Waals surface area contributed by atoms with Gasteiger partial charge in [0.15, 0.2) is 0 Å². The Morgan fingerprint density at radius 2 is 1.80 bits per heavy atom. The van der Waals surface area contributed by atoms with Gasteiger partial charge in [-0.25, -0.2) is 4.98 Å². The Bertz CT molecular complexity index is 413. The summed E-state index contributed by atoms with van der Waals surface area (Å²) in [5, 5.41) is 3.17. The molecule has 1 aromatic heterocycles. The molecular formula is C14H22F3N3. The molecule has 114 valence electrons. The fourth-order valence-electron chi connectivity index (χ4n) is 2.07. The summed E-state index contributed by atoms with van der Waals surface area (Å²) in [6, 6.07) is 3.17. The highest BCUT2D eigenvalue weighted by Gasteiger charge is 2.35. The van der Waals surface area contributed by atoms with Crippen LogP contribution in [0.15, 0.2) is 12.1 Å². The summed E-state index contributed by atoms with van der Waals surface area (Å²) in [5.74, 6) is 0. The van der Waals surface area contributed by atoms with Crippen LogP contribution in [0.1, 0.15) is 30.8 Å². The maximum absolute atomic E-state index is 12.9. The monoisotopic (exact) mass is 289 g/mol. The number of piperazine rings is 1. The number of pyridine rings is 1. The molecular weight excluding hydrogens is 267 g/mol. The van der Waals surface area contributed by atoms with E-state index in [9.17, 15) is 13.2 Å². The Balaban J connectivity index is 0.000000956. The van der Waals surface area contributed by atoms with Crippen LogP contribution < -0.4 is 5.32 Å². The number of hydrogen-bond acceptors (Lipinski definition) is 3. The standard InChI is InChI=1S/C12H16F3N3.C2H6/c1-9-2-3-10(11(17-9)12(13,14)15)8-18-6-4-16-5-7-18;1-2/h2-3,16H,4-8H2,1H3;1-2H3. The van der Waals surface area contributed by atoms with E-state index >= 15 is 0 Å². The zero-order valence-corrected chi connectivity index (χ0v) is 12.2. The fourth-order valence-corrected chi connectivity index (χ4v) is 2.07. The van der Waals surface area contributed by atoms with Crippen LogP contribution in [0, 0.1) is 6.92 Å². The van der Waals surface area contributed by atoms with Gasteiger partial charge in [0.2, 0.25) is 0 Å². The second-order valence-corrected chi connectivity index (χ2v) is 4.48. The first kappa shape index (κ1) is 16.9. The van der Waals surface area contributed by atoms with Crippen molar-refractivity contribution < 1.29 is 13.2 Å². The van der Waals surface area contributed by atoms with E-state index in [1.165, 1.54) is 6.07 Å². The van der Waals surface area contributed by atoms with Crippen LogP contribution in [0.2, 0.25) is 0 Å². The minimum absolute atomic E-state index is 0.259. The molecule has 0 radical (unpaired) electrons. The van der Waals surface area contributed by atoms with Gasteiger partial charge in [0.1, 0.15) is 5.69 Å². The van der Waals surface area contributed by atoms with E-state index in [2.05, 4.69) is 10.3 Å². The zero-order chi connectivity index (χ0) is 15.2. The molecule has 0 unspecified atom stereocenters. The van der Waals surface area contributed by atoms with E-state index in [1.54, 1.807) is 13.0 Å². The third kappa shape index (κ3) is 4.76. The summed E-state index contributed by atoms with van der Waals surface area (Å²) in [4.78, 5) is 5.65. The Hall–Kier alpha value is -1.14. The number of alkyl halides is 3. The average Bonchev–Trinajstić information content (AvgIpc) is 2.43. The molecule has 1 aliphatic rings. The first-order valence-corrected chi connectivity index (χ1v) is 6.93. The van der Waals surface area contributed by atoms with E-state index in [1.807, 2.05) is 18.7 Å². The van der Waals surface area contributed by atoms with Crippen LogP contribution in [-0.2, 0) is 12.7 Å². The molecule has 1 aliphatic heterocycles. The molecule has 20 heavy (non-hydrogen) atoms. The van der Waals surface area contributed by atoms with Crippen LogP contribution >= 0.6 is 0 Å². The third-order valence-electron chi connectivity index (χ3n) is 2.99. The highest BCUT2D eigenvalue weighted by molar-refractivity contribution is 5.25. The highest BCUT2D eigenvalue weighted by Crippen LogP contribution is 2.31. The second kappa shape index (κ2) is 7.59. The van der Waals surface area contributed by atoms with Crippen molar-refractivity contribution in [3.63, 3.8) is 0 Å². The van der Waals surface area contributed by atoms with Crippen molar-refractivity contribution in [3.8, 4) is 0 Å². The van der Waals surface area contributed by atoms with Crippen LogP contribution in [0.5, 0.6) is 0 Å². The van der Waals surface area contributed by atoms with Crippen LogP contribution in [0.25, 0.3) is 0 Å². The molecule has 1 aromatic rings. The molecule has 3 nitrogen and oxygen atoms in total. The number of aryl methyl sites for hydroxylation is 1. The molecule has 1 saturated heterocycles. The number of halogens is 3. The molecule has 1 N–H and O–H groups in total. The number of nitrogens with one attached hydrogen (secondary N) is 1. The summed E-state index contributed by atoms with van der Waals surface area (Å²) in [6.45, 7) is 9.06. The molecule has 1 fully saturated rings. The first-order chi connectivity index (χ1) is 9.47. The van der Waals surface area contributed by atoms with Gasteiger partial charge < -0.3 is 5.32 Å². The molecule has 0 aromatic carbocycles. The van der Waals surface area contributed by atoms with Gasteiger partial charge in [-0.05, 0) is 18.6 Å². The Morgan fingerprint density at radius 3 is 2.35 bits per heavy atom. The number of aromatic nitrogens is 1. The van der Waals surface area contributed by atoms with Crippen molar-refractivity contribution >= 4 is 0 Å². The van der Waals surface area contributed by atoms with Gasteiger partial charge in [0.05, 0.1) is 0 Å². The van der Waals surface area contributed by atoms with Crippen molar-refractivity contribution in [1.82, 2.24) is 15.2 Å². The molecule has 0 spiro atoms. The normalized spacial score (nSPS) is 16.5. The van der Waals surface area contributed by atoms with Gasteiger partial charge in [-0.15, -0.1) is 0 Å². The summed E-state index contributed by atoms with van der Waals surface area (Å²) in [7, 11) is 0. The predicted octanol–water partition coefficient (Wildman–Crippen LogP) is 2.84. The van der Waals surface area contributed by atoms with E-state index in [0.717, 1.165) is 26.2 Å². The lowest BCUT2D eigenvalue weighted by atomic mass is 10.1. The molecule has 0 amide bonds. The maximum atomic E-state index is 12.9. The van der Waals surface area contributed by atoms with E-state index in [0.29, 0.717) is 12.2 Å². The molecule has 6 heteroatoms. The SMILES string of the molecule is CC.Cc1ccc(CN2CCNCC2)c(C(F)(F)F)n1. The minimum atomic E-state index is -4.38. The minimum Gasteiger partial charge on any atom is -0.314 e. The van der Waals surface area contributed by atoms with E-state index < -0.39 is 11.9 Å². The van der Waals surface area contributed by atoms with Gasteiger partial charge in [0, 0.05) is 38.4 Å². The molecule has 2 rings (SSSR count). The van der Waals surface area contributed by atoms with Crippen LogP contribution in [0.4, 0.5) is 13.2 Å². The number of nitrogens with zero attached hydrogens (tertiary/aromatic N) is 2. The summed E-state index contributed by atoms with van der Waals surface area (Å²) < 4.78 is 38.7. The lowest BCUT2D eigenvalue weighted by Gasteiger charge is -2.28. The van der Waals surface area contributed by atoms with Crippen molar-refractivity contribution in [2.24, 2.45) is 0 Å². The smallest absolute Gasteiger partial charge is 0.314 e. The largest absolute Gasteiger partial charge is 0.433 e. The lowest BCUT2D eigenvalue weighted by molar-refractivity contribution is -0.142. The average molecular weight is 289 g/mol. The van der Waals surface area contributed by atoms with Gasteiger partial charge >= 0.3 is 6.18 Å². The number of rotatable bonds is 2. The van der Waals surface area contributed by atoms with Crippen LogP contribution in [0.3, 0.4) is 0 Å². The molecule has 0 bridgehead atoms. The maximum Gasteiger partial charge on any atom is 0.433 e. The van der Waals surface area contributed by atoms with E-state index in [4.69, 9.17) is 0 Å². The molecule has 2 heterocycles. The van der Waals surface area contributed by atoms with Crippen molar-refractivity contribution in [3.05, 3.63) is 29.1 Å². The van der Waals surface area contributed by atoms with Gasteiger partial charge in [-0.2, -0.15) is 13.2 Å². The Morgan fingerprint density at radius 1 is 1.20 bits per heavy atom. The summed E-state index contributed by atoms with van der Waals surface area (Å²) in [5.41, 5.74) is -0.0950. The molecule has 0 saturated carbocycles. The van der Waals surface area contributed by atoms with Crippen LogP contribution in [-0.4, -0.2) is 36.1 Å². The van der Waals surface area contributed by atoms with Crippen molar-refractivity contribution in [2.45, 2.75) is 33.5 Å². The Labute approximate surface area is 118 Å². The van der Waals surface area contributed by atoms with Gasteiger partial charge in [0.25, 0.3) is 0 Å². The summed E-state index contributed by atoms with van der Waals surface area (Å²) >= 11 is 0. The Kier molecular flexibility index (Phi) is 6.42. The van der Waals surface area contributed by atoms with Crippen molar-refractivity contribution in [2.75, 3.05) is 26.2 Å². The third-order valence-corrected chi connectivity index (χ3v) is 2.99. The lowest BCUT2D eigenvalue weighted by Crippen LogP contribution is -2.43.